The van der Waals surface area contributed by atoms with E-state index in [1.165, 1.54) is 0 Å². The average Bonchev–Trinajstić information content (AvgIpc) is 3.15. The number of fused-ring (bicyclic) bond motifs is 3. The van der Waals surface area contributed by atoms with Crippen molar-refractivity contribution in [2.75, 3.05) is 19.7 Å². The fourth-order valence-corrected chi connectivity index (χ4v) is 5.04. The molecule has 4 atom stereocenters. The third-order valence-electron chi connectivity index (χ3n) is 7.42. The van der Waals surface area contributed by atoms with E-state index >= 15 is 0 Å². The zero-order valence-corrected chi connectivity index (χ0v) is 19.9. The number of carbonyl (C=O) groups excluding carboxylic acids is 2. The van der Waals surface area contributed by atoms with E-state index in [4.69, 9.17) is 4.74 Å². The van der Waals surface area contributed by atoms with Crippen LogP contribution in [-0.4, -0.2) is 53.7 Å². The van der Waals surface area contributed by atoms with Gasteiger partial charge >= 0.3 is 12.1 Å². The van der Waals surface area contributed by atoms with Crippen molar-refractivity contribution in [3.05, 3.63) is 59.7 Å². The number of benzene rings is 2. The maximum absolute atomic E-state index is 13.0. The SMILES string of the molecule is CC1CCN(C(=O)C(C)C(C)NC(=O)OCC2c3ccccc3-c3ccccc32)CC1C(=O)O. The summed E-state index contributed by atoms with van der Waals surface area (Å²) < 4.78 is 5.60. The highest BCUT2D eigenvalue weighted by molar-refractivity contribution is 5.82. The van der Waals surface area contributed by atoms with Gasteiger partial charge in [-0.1, -0.05) is 62.4 Å². The van der Waals surface area contributed by atoms with Crippen LogP contribution < -0.4 is 5.32 Å². The number of rotatable bonds is 6. The Hall–Kier alpha value is -3.35. The quantitative estimate of drug-likeness (QED) is 0.671. The summed E-state index contributed by atoms with van der Waals surface area (Å²) in [7, 11) is 0. The molecule has 4 unspecified atom stereocenters. The van der Waals surface area contributed by atoms with Crippen LogP contribution in [0.4, 0.5) is 4.79 Å². The number of nitrogens with zero attached hydrogens (tertiary/aromatic N) is 1. The predicted molar refractivity (Wildman–Crippen MR) is 128 cm³/mol. The van der Waals surface area contributed by atoms with Crippen LogP contribution in [0.15, 0.2) is 48.5 Å². The topological polar surface area (TPSA) is 95.9 Å². The first-order valence-corrected chi connectivity index (χ1v) is 11.9. The van der Waals surface area contributed by atoms with Gasteiger partial charge < -0.3 is 20.1 Å². The maximum Gasteiger partial charge on any atom is 0.407 e. The zero-order valence-electron chi connectivity index (χ0n) is 19.9. The molecule has 0 saturated carbocycles. The number of carboxylic acid groups (broad SMARTS) is 1. The smallest absolute Gasteiger partial charge is 0.407 e. The molecule has 34 heavy (non-hydrogen) atoms. The van der Waals surface area contributed by atoms with Crippen LogP contribution in [0, 0.1) is 17.8 Å². The number of hydrogen-bond donors (Lipinski definition) is 2. The Morgan fingerprint density at radius 1 is 1.06 bits per heavy atom. The van der Waals surface area contributed by atoms with Crippen molar-refractivity contribution < 1.29 is 24.2 Å². The Bertz CT molecular complexity index is 1040. The Balaban J connectivity index is 1.34. The minimum atomic E-state index is -0.873. The highest BCUT2D eigenvalue weighted by Crippen LogP contribution is 2.44. The molecular weight excluding hydrogens is 432 g/mol. The molecule has 7 nitrogen and oxygen atoms in total. The fraction of sp³-hybridized carbons (Fsp3) is 0.444. The van der Waals surface area contributed by atoms with Gasteiger partial charge in [-0.05, 0) is 41.5 Å². The number of carbonyl (C=O) groups is 3. The van der Waals surface area contributed by atoms with E-state index in [1.54, 1.807) is 18.7 Å². The Morgan fingerprint density at radius 3 is 2.24 bits per heavy atom. The minimum absolute atomic E-state index is 0.0317. The van der Waals surface area contributed by atoms with Crippen molar-refractivity contribution in [1.82, 2.24) is 10.2 Å². The molecule has 1 fully saturated rings. The van der Waals surface area contributed by atoms with Crippen LogP contribution in [0.3, 0.4) is 0 Å². The summed E-state index contributed by atoms with van der Waals surface area (Å²) >= 11 is 0. The van der Waals surface area contributed by atoms with Gasteiger partial charge in [-0.15, -0.1) is 0 Å². The van der Waals surface area contributed by atoms with Gasteiger partial charge in [0.2, 0.25) is 5.91 Å². The number of carboxylic acids is 1. The first-order valence-electron chi connectivity index (χ1n) is 11.9. The van der Waals surface area contributed by atoms with E-state index < -0.39 is 29.9 Å². The van der Waals surface area contributed by atoms with Gasteiger partial charge in [-0.3, -0.25) is 9.59 Å². The molecule has 2 aromatic carbocycles. The molecule has 180 valence electrons. The fourth-order valence-electron chi connectivity index (χ4n) is 5.04. The largest absolute Gasteiger partial charge is 0.481 e. The molecule has 1 saturated heterocycles. The number of ether oxygens (including phenoxy) is 1. The van der Waals surface area contributed by atoms with Crippen molar-refractivity contribution in [2.45, 2.75) is 39.2 Å². The third-order valence-corrected chi connectivity index (χ3v) is 7.42. The van der Waals surface area contributed by atoms with Gasteiger partial charge in [0.15, 0.2) is 0 Å². The van der Waals surface area contributed by atoms with E-state index in [2.05, 4.69) is 29.6 Å². The summed E-state index contributed by atoms with van der Waals surface area (Å²) in [5.74, 6) is -2.07. The molecule has 2 aromatic rings. The Labute approximate surface area is 200 Å². The number of amides is 2. The molecule has 2 aliphatic rings. The molecule has 0 spiro atoms. The van der Waals surface area contributed by atoms with E-state index in [0.717, 1.165) is 22.3 Å². The van der Waals surface area contributed by atoms with E-state index in [9.17, 15) is 19.5 Å². The van der Waals surface area contributed by atoms with Crippen molar-refractivity contribution in [2.24, 2.45) is 17.8 Å². The summed E-state index contributed by atoms with van der Waals surface area (Å²) in [6, 6.07) is 15.8. The average molecular weight is 465 g/mol. The first-order chi connectivity index (χ1) is 16.3. The van der Waals surface area contributed by atoms with Crippen LogP contribution in [0.1, 0.15) is 44.2 Å². The lowest BCUT2D eigenvalue weighted by Crippen LogP contribution is -2.51. The molecule has 1 aliphatic heterocycles. The summed E-state index contributed by atoms with van der Waals surface area (Å²) in [4.78, 5) is 38.7. The van der Waals surface area contributed by atoms with Crippen LogP contribution in [0.2, 0.25) is 0 Å². The number of hydrogen-bond acceptors (Lipinski definition) is 4. The molecule has 4 rings (SSSR count). The van der Waals surface area contributed by atoms with Crippen molar-refractivity contribution in [3.8, 4) is 11.1 Å². The van der Waals surface area contributed by atoms with E-state index in [1.807, 2.05) is 31.2 Å². The van der Waals surface area contributed by atoms with Crippen LogP contribution in [-0.2, 0) is 14.3 Å². The zero-order chi connectivity index (χ0) is 24.4. The van der Waals surface area contributed by atoms with Crippen LogP contribution in [0.5, 0.6) is 0 Å². The molecule has 0 radical (unpaired) electrons. The minimum Gasteiger partial charge on any atom is -0.481 e. The lowest BCUT2D eigenvalue weighted by Gasteiger charge is -2.37. The highest BCUT2D eigenvalue weighted by atomic mass is 16.5. The van der Waals surface area contributed by atoms with Crippen molar-refractivity contribution >= 4 is 18.0 Å². The van der Waals surface area contributed by atoms with Gasteiger partial charge in [0.05, 0.1) is 11.8 Å². The molecular formula is C27H32N2O5. The molecule has 1 aliphatic carbocycles. The second-order valence-electron chi connectivity index (χ2n) is 9.54. The monoisotopic (exact) mass is 464 g/mol. The molecule has 0 bridgehead atoms. The number of nitrogens with one attached hydrogen (secondary N) is 1. The Kier molecular flexibility index (Phi) is 6.91. The normalized spacial score (nSPS) is 21.2. The lowest BCUT2D eigenvalue weighted by molar-refractivity contribution is -0.149. The number of aliphatic carboxylic acids is 1. The first kappa shape index (κ1) is 23.8. The summed E-state index contributed by atoms with van der Waals surface area (Å²) in [5, 5.41) is 12.2. The van der Waals surface area contributed by atoms with Gasteiger partial charge in [-0.2, -0.15) is 0 Å². The van der Waals surface area contributed by atoms with Crippen molar-refractivity contribution in [3.63, 3.8) is 0 Å². The number of likely N-dealkylation sites (tertiary alicyclic amines) is 1. The summed E-state index contributed by atoms with van der Waals surface area (Å²) in [6.07, 6.45) is 0.0913. The standard InChI is InChI=1S/C27H32N2O5/c1-16-12-13-29(14-23(16)26(31)32)25(30)17(2)18(3)28-27(33)34-15-24-21-10-6-4-8-19(21)20-9-5-7-11-22(20)24/h4-11,16-18,23-24H,12-15H2,1-3H3,(H,28,33)(H,31,32). The summed E-state index contributed by atoms with van der Waals surface area (Å²) in [6.45, 7) is 6.38. The lowest BCUT2D eigenvalue weighted by atomic mass is 9.86. The van der Waals surface area contributed by atoms with Crippen LogP contribution in [0.25, 0.3) is 11.1 Å². The van der Waals surface area contributed by atoms with E-state index in [0.29, 0.717) is 13.0 Å². The molecule has 1 heterocycles. The Morgan fingerprint density at radius 2 is 1.65 bits per heavy atom. The predicted octanol–water partition coefficient (Wildman–Crippen LogP) is 4.12. The molecule has 7 heteroatoms. The molecule has 2 N–H and O–H groups in total. The summed E-state index contributed by atoms with van der Waals surface area (Å²) in [5.41, 5.74) is 4.60. The second-order valence-corrected chi connectivity index (χ2v) is 9.54. The van der Waals surface area contributed by atoms with Gasteiger partial charge in [0.1, 0.15) is 6.61 Å². The van der Waals surface area contributed by atoms with Gasteiger partial charge in [0, 0.05) is 25.0 Å². The maximum atomic E-state index is 13.0. The second kappa shape index (κ2) is 9.87. The van der Waals surface area contributed by atoms with Gasteiger partial charge in [0.25, 0.3) is 0 Å². The van der Waals surface area contributed by atoms with Crippen LogP contribution >= 0.6 is 0 Å². The molecule has 2 amide bonds. The molecule has 0 aromatic heterocycles. The third kappa shape index (κ3) is 4.65. The highest BCUT2D eigenvalue weighted by Gasteiger charge is 2.36. The number of alkyl carbamates (subject to hydrolysis) is 1. The van der Waals surface area contributed by atoms with Crippen molar-refractivity contribution in [1.29, 1.82) is 0 Å². The van der Waals surface area contributed by atoms with Gasteiger partial charge in [-0.25, -0.2) is 4.79 Å². The van der Waals surface area contributed by atoms with E-state index in [-0.39, 0.29) is 30.9 Å². The number of piperidine rings is 1.